The molecule has 2 N–H and O–H groups in total. The highest BCUT2D eigenvalue weighted by atomic mass is 32.2. The molecule has 0 saturated heterocycles. The van der Waals surface area contributed by atoms with E-state index in [1.165, 1.54) is 23.9 Å². The number of benzene rings is 1. The van der Waals surface area contributed by atoms with E-state index in [9.17, 15) is 18.3 Å². The van der Waals surface area contributed by atoms with Crippen LogP contribution >= 0.6 is 11.8 Å². The van der Waals surface area contributed by atoms with Crippen LogP contribution in [0.2, 0.25) is 0 Å². The topological polar surface area (TPSA) is 32.3 Å². The molecule has 1 unspecified atom stereocenters. The third-order valence-corrected chi connectivity index (χ3v) is 4.93. The van der Waals surface area contributed by atoms with Crippen LogP contribution in [0.5, 0.6) is 0 Å². The molecule has 6 heteroatoms. The Morgan fingerprint density at radius 1 is 1.29 bits per heavy atom. The van der Waals surface area contributed by atoms with Crippen molar-refractivity contribution in [3.05, 3.63) is 35.9 Å². The predicted molar refractivity (Wildman–Crippen MR) is 79.0 cm³/mol. The molecule has 1 aromatic carbocycles. The average Bonchev–Trinajstić information content (AvgIpc) is 3.25. The van der Waals surface area contributed by atoms with E-state index in [1.807, 2.05) is 0 Å². The van der Waals surface area contributed by atoms with Crippen molar-refractivity contribution in [2.75, 3.05) is 5.75 Å². The van der Waals surface area contributed by atoms with Crippen LogP contribution in [0.3, 0.4) is 0 Å². The standard InChI is InChI=1S/C15H20F3NOS/c1-10(14(20)21-9-11-7-8-11)19-13(15(16,17)18)12-5-3-2-4-6-12/h2-6,10-11,13-14,19-20H,7-9H2,1H3/t10-,13-,14?/m1/s1. The van der Waals surface area contributed by atoms with E-state index in [4.69, 9.17) is 0 Å². The summed E-state index contributed by atoms with van der Waals surface area (Å²) in [5, 5.41) is 12.5. The second kappa shape index (κ2) is 7.03. The van der Waals surface area contributed by atoms with Crippen LogP contribution in [0.4, 0.5) is 13.2 Å². The maximum Gasteiger partial charge on any atom is 0.407 e. The first kappa shape index (κ1) is 16.6. The lowest BCUT2D eigenvalue weighted by Crippen LogP contribution is -2.44. The summed E-state index contributed by atoms with van der Waals surface area (Å²) >= 11 is 1.33. The Bertz CT molecular complexity index is 436. The Hall–Kier alpha value is -0.720. The fourth-order valence-corrected chi connectivity index (χ4v) is 3.20. The van der Waals surface area contributed by atoms with Gasteiger partial charge in [-0.15, -0.1) is 11.8 Å². The molecule has 1 fully saturated rings. The number of hydrogen-bond acceptors (Lipinski definition) is 3. The first-order valence-electron chi connectivity index (χ1n) is 7.05. The lowest BCUT2D eigenvalue weighted by Gasteiger charge is -2.28. The van der Waals surface area contributed by atoms with Gasteiger partial charge in [0.2, 0.25) is 0 Å². The lowest BCUT2D eigenvalue weighted by molar-refractivity contribution is -0.160. The van der Waals surface area contributed by atoms with Gasteiger partial charge >= 0.3 is 6.18 Å². The van der Waals surface area contributed by atoms with E-state index in [-0.39, 0.29) is 5.56 Å². The highest BCUT2D eigenvalue weighted by Crippen LogP contribution is 2.36. The fourth-order valence-electron chi connectivity index (χ4n) is 2.03. The second-order valence-electron chi connectivity index (χ2n) is 5.51. The quantitative estimate of drug-likeness (QED) is 0.751. The molecule has 0 heterocycles. The zero-order valence-electron chi connectivity index (χ0n) is 11.8. The molecule has 0 aromatic heterocycles. The Morgan fingerprint density at radius 2 is 1.90 bits per heavy atom. The van der Waals surface area contributed by atoms with Crippen LogP contribution in [0.1, 0.15) is 31.4 Å². The number of thioether (sulfide) groups is 1. The molecule has 1 aliphatic rings. The van der Waals surface area contributed by atoms with Gasteiger partial charge in [-0.3, -0.25) is 5.32 Å². The maximum absolute atomic E-state index is 13.2. The Morgan fingerprint density at radius 3 is 2.43 bits per heavy atom. The number of halogens is 3. The summed E-state index contributed by atoms with van der Waals surface area (Å²) in [6.07, 6.45) is -2.07. The van der Waals surface area contributed by atoms with Gasteiger partial charge in [0.15, 0.2) is 0 Å². The monoisotopic (exact) mass is 319 g/mol. The van der Waals surface area contributed by atoms with Gasteiger partial charge in [0.05, 0.1) is 0 Å². The molecular weight excluding hydrogens is 299 g/mol. The summed E-state index contributed by atoms with van der Waals surface area (Å²) in [6.45, 7) is 1.59. The van der Waals surface area contributed by atoms with Crippen molar-refractivity contribution < 1.29 is 18.3 Å². The molecule has 2 nitrogen and oxygen atoms in total. The normalized spacial score (nSPS) is 20.0. The number of hydrogen-bond donors (Lipinski definition) is 2. The molecule has 1 aromatic rings. The first-order valence-corrected chi connectivity index (χ1v) is 8.10. The Kier molecular flexibility index (Phi) is 5.57. The average molecular weight is 319 g/mol. The van der Waals surface area contributed by atoms with Gasteiger partial charge < -0.3 is 5.11 Å². The van der Waals surface area contributed by atoms with E-state index in [0.717, 1.165) is 18.6 Å². The summed E-state index contributed by atoms with van der Waals surface area (Å²) in [5.74, 6) is 1.44. The Balaban J connectivity index is 1.97. The van der Waals surface area contributed by atoms with Crippen LogP contribution in [0, 0.1) is 5.92 Å². The predicted octanol–water partition coefficient (Wildman–Crippen LogP) is 3.73. The van der Waals surface area contributed by atoms with Crippen molar-refractivity contribution in [2.45, 2.75) is 43.5 Å². The molecule has 0 spiro atoms. The molecule has 1 aliphatic carbocycles. The molecule has 0 aliphatic heterocycles. The Labute approximate surface area is 127 Å². The molecule has 0 radical (unpaired) electrons. The summed E-state index contributed by atoms with van der Waals surface area (Å²) in [5.41, 5.74) is -0.671. The summed E-state index contributed by atoms with van der Waals surface area (Å²) < 4.78 is 39.6. The zero-order valence-corrected chi connectivity index (χ0v) is 12.6. The van der Waals surface area contributed by atoms with Gasteiger partial charge in [-0.2, -0.15) is 13.2 Å². The zero-order chi connectivity index (χ0) is 15.5. The van der Waals surface area contributed by atoms with Crippen molar-refractivity contribution in [3.8, 4) is 0 Å². The highest BCUT2D eigenvalue weighted by molar-refractivity contribution is 7.99. The van der Waals surface area contributed by atoms with E-state index in [2.05, 4.69) is 5.32 Å². The smallest absolute Gasteiger partial charge is 0.381 e. The van der Waals surface area contributed by atoms with Crippen LogP contribution in [0.15, 0.2) is 30.3 Å². The van der Waals surface area contributed by atoms with E-state index in [1.54, 1.807) is 25.1 Å². The summed E-state index contributed by atoms with van der Waals surface area (Å²) in [6, 6.07) is 5.34. The van der Waals surface area contributed by atoms with E-state index < -0.39 is 23.7 Å². The van der Waals surface area contributed by atoms with Crippen molar-refractivity contribution >= 4 is 11.8 Å². The number of rotatable bonds is 7. The molecule has 0 bridgehead atoms. The van der Waals surface area contributed by atoms with Gasteiger partial charge in [0, 0.05) is 6.04 Å². The third-order valence-electron chi connectivity index (χ3n) is 3.52. The lowest BCUT2D eigenvalue weighted by atomic mass is 10.1. The summed E-state index contributed by atoms with van der Waals surface area (Å²) in [4.78, 5) is 0. The minimum atomic E-state index is -4.39. The van der Waals surface area contributed by atoms with E-state index >= 15 is 0 Å². The van der Waals surface area contributed by atoms with Crippen molar-refractivity contribution in [1.29, 1.82) is 0 Å². The minimum Gasteiger partial charge on any atom is -0.381 e. The highest BCUT2D eigenvalue weighted by Gasteiger charge is 2.42. The maximum atomic E-state index is 13.2. The largest absolute Gasteiger partial charge is 0.407 e. The first-order chi connectivity index (χ1) is 9.88. The van der Waals surface area contributed by atoms with E-state index in [0.29, 0.717) is 5.92 Å². The van der Waals surface area contributed by atoms with Crippen LogP contribution in [0.25, 0.3) is 0 Å². The van der Waals surface area contributed by atoms with Crippen LogP contribution < -0.4 is 5.32 Å². The molecule has 118 valence electrons. The third kappa shape index (κ3) is 5.20. The molecule has 2 rings (SSSR count). The molecule has 21 heavy (non-hydrogen) atoms. The molecule has 0 amide bonds. The van der Waals surface area contributed by atoms with Gasteiger partial charge in [-0.1, -0.05) is 30.3 Å². The van der Waals surface area contributed by atoms with Gasteiger partial charge in [-0.05, 0) is 37.0 Å². The number of alkyl halides is 3. The SMILES string of the molecule is C[C@@H](N[C@H](c1ccccc1)C(F)(F)F)C(O)SCC1CC1. The molecule has 1 saturated carbocycles. The van der Waals surface area contributed by atoms with Crippen molar-refractivity contribution in [2.24, 2.45) is 5.92 Å². The molecule has 3 atom stereocenters. The fraction of sp³-hybridized carbons (Fsp3) is 0.600. The van der Waals surface area contributed by atoms with Crippen LogP contribution in [-0.4, -0.2) is 28.5 Å². The van der Waals surface area contributed by atoms with Crippen molar-refractivity contribution in [1.82, 2.24) is 5.32 Å². The minimum absolute atomic E-state index is 0.163. The van der Waals surface area contributed by atoms with Crippen molar-refractivity contribution in [3.63, 3.8) is 0 Å². The number of nitrogens with one attached hydrogen (secondary N) is 1. The number of aliphatic hydroxyl groups is 1. The molecular formula is C15H20F3NOS. The second-order valence-corrected chi connectivity index (χ2v) is 6.66. The van der Waals surface area contributed by atoms with Gasteiger partial charge in [-0.25, -0.2) is 0 Å². The summed E-state index contributed by atoms with van der Waals surface area (Å²) in [7, 11) is 0. The van der Waals surface area contributed by atoms with Gasteiger partial charge in [0.25, 0.3) is 0 Å². The number of aliphatic hydroxyl groups excluding tert-OH is 1. The van der Waals surface area contributed by atoms with Crippen LogP contribution in [-0.2, 0) is 0 Å². The van der Waals surface area contributed by atoms with Gasteiger partial charge in [0.1, 0.15) is 11.5 Å².